The third kappa shape index (κ3) is 6.92. The maximum Gasteiger partial charge on any atom is 0.222 e. The van der Waals surface area contributed by atoms with Crippen molar-refractivity contribution in [2.24, 2.45) is 0 Å². The third-order valence-electron chi connectivity index (χ3n) is 5.23. The quantitative estimate of drug-likeness (QED) is 0.358. The molecule has 1 heterocycles. The predicted octanol–water partition coefficient (Wildman–Crippen LogP) is 4.88. The number of carbonyl (C=O) groups is 1. The summed E-state index contributed by atoms with van der Waals surface area (Å²) in [6, 6.07) is 20.1. The van der Waals surface area contributed by atoms with Crippen LogP contribution in [0.1, 0.15) is 36.9 Å². The van der Waals surface area contributed by atoms with E-state index in [0.29, 0.717) is 12.8 Å². The van der Waals surface area contributed by atoms with Crippen molar-refractivity contribution >= 4 is 24.0 Å². The number of benzene rings is 2. The van der Waals surface area contributed by atoms with Crippen molar-refractivity contribution in [2.45, 2.75) is 38.5 Å². The number of aromatic amines is 1. The molecule has 3 N–H and O–H groups in total. The number of amides is 1. The van der Waals surface area contributed by atoms with Crippen LogP contribution in [-0.2, 0) is 17.6 Å². The maximum atomic E-state index is 12.3. The van der Waals surface area contributed by atoms with Crippen LogP contribution in [0.25, 0.3) is 11.3 Å². The number of rotatable bonds is 10. The lowest BCUT2D eigenvalue weighted by Crippen LogP contribution is -2.28. The molecule has 0 bridgehead atoms. The molecular weight excluding hydrogens is 396 g/mol. The first kappa shape index (κ1) is 23.5. The van der Waals surface area contributed by atoms with Gasteiger partial charge in [0.1, 0.15) is 0 Å². The van der Waals surface area contributed by atoms with E-state index in [1.54, 1.807) is 0 Å². The van der Waals surface area contributed by atoms with Gasteiger partial charge in [0, 0.05) is 37.0 Å². The van der Waals surface area contributed by atoms with Crippen molar-refractivity contribution < 1.29 is 4.79 Å². The molecule has 3 aromatic rings. The molecule has 1 amide bonds. The highest BCUT2D eigenvalue weighted by Gasteiger charge is 2.10. The summed E-state index contributed by atoms with van der Waals surface area (Å²) in [5, 5.41) is 7.54. The van der Waals surface area contributed by atoms with E-state index in [-0.39, 0.29) is 18.3 Å². The number of para-hydroxylation sites is 1. The largest absolute Gasteiger partial charge is 0.399 e. The Labute approximate surface area is 185 Å². The molecule has 6 heteroatoms. The fourth-order valence-electron chi connectivity index (χ4n) is 3.41. The van der Waals surface area contributed by atoms with Crippen LogP contribution in [0.15, 0.2) is 60.7 Å². The molecule has 0 saturated heterocycles. The number of nitrogens with two attached hydrogens (primary N) is 1. The van der Waals surface area contributed by atoms with Crippen molar-refractivity contribution in [3.63, 3.8) is 0 Å². The van der Waals surface area contributed by atoms with Crippen LogP contribution in [0, 0.1) is 0 Å². The molecule has 5 nitrogen and oxygen atoms in total. The number of nitrogens with zero attached hydrogens (tertiary/aromatic N) is 2. The smallest absolute Gasteiger partial charge is 0.222 e. The van der Waals surface area contributed by atoms with Gasteiger partial charge in [0.05, 0.1) is 5.69 Å². The molecule has 3 rings (SSSR count). The number of hydrogen-bond acceptors (Lipinski definition) is 3. The minimum atomic E-state index is 0. The highest BCUT2D eigenvalue weighted by atomic mass is 35.5. The monoisotopic (exact) mass is 426 g/mol. The molecule has 1 aromatic heterocycles. The molecule has 30 heavy (non-hydrogen) atoms. The summed E-state index contributed by atoms with van der Waals surface area (Å²) in [4.78, 5) is 14.2. The van der Waals surface area contributed by atoms with E-state index in [1.165, 1.54) is 0 Å². The van der Waals surface area contributed by atoms with E-state index in [1.807, 2.05) is 54.4 Å². The van der Waals surface area contributed by atoms with Gasteiger partial charge in [-0.05, 0) is 43.4 Å². The van der Waals surface area contributed by atoms with Crippen LogP contribution in [0.5, 0.6) is 0 Å². The first-order chi connectivity index (χ1) is 14.1. The number of carbonyl (C=O) groups excluding carboxylic acids is 1. The Morgan fingerprint density at radius 2 is 1.73 bits per heavy atom. The summed E-state index contributed by atoms with van der Waals surface area (Å²) < 4.78 is 0. The van der Waals surface area contributed by atoms with E-state index >= 15 is 0 Å². The van der Waals surface area contributed by atoms with Crippen molar-refractivity contribution in [2.75, 3.05) is 19.3 Å². The second-order valence-corrected chi connectivity index (χ2v) is 7.47. The highest BCUT2D eigenvalue weighted by molar-refractivity contribution is 5.85. The van der Waals surface area contributed by atoms with Crippen LogP contribution in [0.4, 0.5) is 5.69 Å². The normalized spacial score (nSPS) is 10.4. The number of halogens is 1. The van der Waals surface area contributed by atoms with E-state index in [4.69, 9.17) is 5.73 Å². The predicted molar refractivity (Wildman–Crippen MR) is 126 cm³/mol. The maximum absolute atomic E-state index is 12.3. The summed E-state index contributed by atoms with van der Waals surface area (Å²) >= 11 is 0. The number of unbranched alkanes of at least 4 members (excludes halogenated alkanes) is 2. The van der Waals surface area contributed by atoms with Gasteiger partial charge in [0.25, 0.3) is 0 Å². The molecule has 0 unspecified atom stereocenters. The van der Waals surface area contributed by atoms with Crippen LogP contribution in [-0.4, -0.2) is 34.6 Å². The Balaban J connectivity index is 0.00000320. The fraction of sp³-hybridized carbons (Fsp3) is 0.333. The van der Waals surface area contributed by atoms with Gasteiger partial charge in [-0.25, -0.2) is 0 Å². The van der Waals surface area contributed by atoms with Crippen molar-refractivity contribution in [3.05, 3.63) is 71.9 Å². The van der Waals surface area contributed by atoms with Gasteiger partial charge in [-0.3, -0.25) is 9.89 Å². The Hall–Kier alpha value is -2.79. The molecular formula is C24H31ClN4O. The first-order valence-electron chi connectivity index (χ1n) is 10.3. The minimum Gasteiger partial charge on any atom is -0.399 e. The second kappa shape index (κ2) is 12.0. The average Bonchev–Trinajstić information content (AvgIpc) is 3.22. The summed E-state index contributed by atoms with van der Waals surface area (Å²) in [7, 11) is 1.89. The molecule has 0 atom stereocenters. The van der Waals surface area contributed by atoms with Gasteiger partial charge in [-0.15, -0.1) is 12.4 Å². The Bertz CT molecular complexity index is 910. The number of aryl methyl sites for hydroxylation is 2. The lowest BCUT2D eigenvalue weighted by molar-refractivity contribution is -0.129. The zero-order valence-electron chi connectivity index (χ0n) is 17.5. The summed E-state index contributed by atoms with van der Waals surface area (Å²) in [6.07, 6.45) is 5.35. The number of hydrogen-bond donors (Lipinski definition) is 2. The summed E-state index contributed by atoms with van der Waals surface area (Å²) in [5.74, 6) is 0.175. The SMILES string of the molecule is CN(CCCCCc1cc(-c2ccccc2)n[nH]1)C(=O)CCc1ccccc1N.Cl. The second-order valence-electron chi connectivity index (χ2n) is 7.47. The van der Waals surface area contributed by atoms with Crippen LogP contribution >= 0.6 is 12.4 Å². The van der Waals surface area contributed by atoms with Crippen molar-refractivity contribution in [1.29, 1.82) is 0 Å². The summed E-state index contributed by atoms with van der Waals surface area (Å²) in [6.45, 7) is 0.793. The lowest BCUT2D eigenvalue weighted by Gasteiger charge is -2.17. The van der Waals surface area contributed by atoms with Gasteiger partial charge in [-0.2, -0.15) is 5.10 Å². The lowest BCUT2D eigenvalue weighted by atomic mass is 10.1. The molecule has 0 spiro atoms. The number of anilines is 1. The van der Waals surface area contributed by atoms with Gasteiger partial charge in [-0.1, -0.05) is 55.0 Å². The van der Waals surface area contributed by atoms with Gasteiger partial charge >= 0.3 is 0 Å². The van der Waals surface area contributed by atoms with E-state index < -0.39 is 0 Å². The Morgan fingerprint density at radius 3 is 2.50 bits per heavy atom. The number of aromatic nitrogens is 2. The topological polar surface area (TPSA) is 75.0 Å². The molecule has 0 aliphatic heterocycles. The zero-order chi connectivity index (χ0) is 20.5. The average molecular weight is 427 g/mol. The standard InChI is InChI=1S/C24H30N4O.ClH/c1-28(24(29)16-15-19-10-7-8-14-22(19)25)17-9-3-6-13-21-18-23(27-26-21)20-11-4-2-5-12-20;/h2,4-5,7-8,10-12,14,18H,3,6,9,13,15-17,25H2,1H3,(H,26,27);1H. The Morgan fingerprint density at radius 1 is 1.00 bits per heavy atom. The third-order valence-corrected chi connectivity index (χ3v) is 5.23. The molecule has 0 fully saturated rings. The van der Waals surface area contributed by atoms with Gasteiger partial charge in [0.15, 0.2) is 0 Å². The number of nitrogen functional groups attached to an aromatic ring is 1. The fourth-order valence-corrected chi connectivity index (χ4v) is 3.41. The van der Waals surface area contributed by atoms with Gasteiger partial charge in [0.2, 0.25) is 5.91 Å². The van der Waals surface area contributed by atoms with Crippen molar-refractivity contribution in [1.82, 2.24) is 15.1 Å². The van der Waals surface area contributed by atoms with Crippen LogP contribution in [0.3, 0.4) is 0 Å². The van der Waals surface area contributed by atoms with Crippen LogP contribution in [0.2, 0.25) is 0 Å². The van der Waals surface area contributed by atoms with E-state index in [9.17, 15) is 4.79 Å². The molecule has 0 aliphatic carbocycles. The first-order valence-corrected chi connectivity index (χ1v) is 10.3. The molecule has 0 aliphatic rings. The van der Waals surface area contributed by atoms with E-state index in [0.717, 1.165) is 60.4 Å². The summed E-state index contributed by atoms with van der Waals surface area (Å²) in [5.41, 5.74) is 11.0. The molecule has 0 saturated carbocycles. The van der Waals surface area contributed by atoms with E-state index in [2.05, 4.69) is 28.4 Å². The van der Waals surface area contributed by atoms with Gasteiger partial charge < -0.3 is 10.6 Å². The highest BCUT2D eigenvalue weighted by Crippen LogP contribution is 2.18. The minimum absolute atomic E-state index is 0. The Kier molecular flexibility index (Phi) is 9.42. The number of H-pyrrole nitrogens is 1. The van der Waals surface area contributed by atoms with Crippen molar-refractivity contribution in [3.8, 4) is 11.3 Å². The zero-order valence-corrected chi connectivity index (χ0v) is 18.3. The molecule has 160 valence electrons. The number of nitrogens with one attached hydrogen (secondary N) is 1. The van der Waals surface area contributed by atoms with Crippen LogP contribution < -0.4 is 5.73 Å². The molecule has 0 radical (unpaired) electrons. The molecule has 2 aromatic carbocycles.